The molecule has 0 aliphatic carbocycles. The number of methoxy groups -OCH3 is 2. The minimum absolute atomic E-state index is 0.0747. The number of aliphatic hydroxyl groups excluding tert-OH is 1. The highest BCUT2D eigenvalue weighted by atomic mass is 28.3. The Bertz CT molecular complexity index is 2160. The van der Waals surface area contributed by atoms with Gasteiger partial charge < -0.3 is 34.0 Å². The number of ether oxygens (including phenoxy) is 3. The number of fused-ring (bicyclic) bond motifs is 3. The number of amides is 3. The molecule has 11 heteroatoms. The Morgan fingerprint density at radius 1 is 0.912 bits per heavy atom. The molecule has 4 aromatic carbocycles. The summed E-state index contributed by atoms with van der Waals surface area (Å²) in [5, 5.41) is 11.7. The fourth-order valence-electron chi connectivity index (χ4n) is 10.2. The van der Waals surface area contributed by atoms with Gasteiger partial charge in [-0.1, -0.05) is 73.7 Å². The van der Waals surface area contributed by atoms with E-state index < -0.39 is 19.8 Å². The monoisotopic (exact) mass is 787 g/mol. The number of nitrogens with zero attached hydrogens (tertiary/aromatic N) is 3. The molecule has 4 aliphatic rings. The number of rotatable bonds is 10. The highest BCUT2D eigenvalue weighted by molar-refractivity contribution is 6.91. The lowest BCUT2D eigenvalue weighted by atomic mass is 9.82. The average Bonchev–Trinajstić information content (AvgIpc) is 3.66. The molecule has 4 aliphatic heterocycles. The molecular weight excluding hydrogens is 735 g/mol. The van der Waals surface area contributed by atoms with Gasteiger partial charge in [0.25, 0.3) is 5.91 Å². The highest BCUT2D eigenvalue weighted by Crippen LogP contribution is 2.60. The first-order valence-electron chi connectivity index (χ1n) is 20.2. The van der Waals surface area contributed by atoms with E-state index in [1.807, 2.05) is 82.6 Å². The second-order valence-corrected chi connectivity index (χ2v) is 21.3. The Morgan fingerprint density at radius 2 is 1.61 bits per heavy atom. The average molecular weight is 788 g/mol. The van der Waals surface area contributed by atoms with Gasteiger partial charge in [-0.2, -0.15) is 0 Å². The van der Waals surface area contributed by atoms with Crippen molar-refractivity contribution >= 4 is 42.4 Å². The summed E-state index contributed by atoms with van der Waals surface area (Å²) < 4.78 is 18.6. The number of piperidine rings is 1. The Labute approximate surface area is 336 Å². The van der Waals surface area contributed by atoms with Crippen LogP contribution in [0.15, 0.2) is 91.0 Å². The molecule has 1 N–H and O–H groups in total. The van der Waals surface area contributed by atoms with Gasteiger partial charge in [-0.15, -0.1) is 0 Å². The van der Waals surface area contributed by atoms with Crippen LogP contribution in [0.1, 0.15) is 54.9 Å². The summed E-state index contributed by atoms with van der Waals surface area (Å²) in [4.78, 5) is 48.2. The van der Waals surface area contributed by atoms with Gasteiger partial charge in [0.2, 0.25) is 11.8 Å². The van der Waals surface area contributed by atoms with E-state index in [0.29, 0.717) is 38.2 Å². The van der Waals surface area contributed by atoms with Crippen LogP contribution in [-0.4, -0.2) is 75.3 Å². The number of anilines is 2. The summed E-state index contributed by atoms with van der Waals surface area (Å²) in [5.74, 6) is 0.957. The van der Waals surface area contributed by atoms with Crippen molar-refractivity contribution in [2.45, 2.75) is 88.5 Å². The molecule has 298 valence electrons. The van der Waals surface area contributed by atoms with Gasteiger partial charge in [-0.3, -0.25) is 14.4 Å². The fourth-order valence-corrected chi connectivity index (χ4v) is 14.2. The van der Waals surface area contributed by atoms with E-state index in [2.05, 4.69) is 38.2 Å². The predicted molar refractivity (Wildman–Crippen MR) is 223 cm³/mol. The molecule has 4 aromatic rings. The normalized spacial score (nSPS) is 24.5. The molecule has 1 spiro atoms. The zero-order chi connectivity index (χ0) is 40.1. The molecule has 0 saturated carbocycles. The van der Waals surface area contributed by atoms with E-state index in [-0.39, 0.29) is 48.3 Å². The van der Waals surface area contributed by atoms with Crippen molar-refractivity contribution in [3.63, 3.8) is 0 Å². The maximum atomic E-state index is 15.4. The largest absolute Gasteiger partial charge is 0.497 e. The second-order valence-electron chi connectivity index (χ2n) is 16.6. The third kappa shape index (κ3) is 6.73. The topological polar surface area (TPSA) is 109 Å². The number of carbonyl (C=O) groups is 3. The van der Waals surface area contributed by atoms with Gasteiger partial charge in [0, 0.05) is 36.7 Å². The Kier molecular flexibility index (Phi) is 10.5. The molecule has 0 aromatic heterocycles. The SMILES string of the molecule is COc1ccc([Si](C)(C)[C@H]2[C@H](CC(=O)N3Cc4ccccc4C[C@H]3CO)O[C@@]3(C(=O)N(Cc4ccc(N5CCCCC5=O)cc4)c4ccc(OC)cc43)[C@@H]2C)cc1. The molecule has 0 bridgehead atoms. The maximum Gasteiger partial charge on any atom is 0.264 e. The molecule has 2 fully saturated rings. The van der Waals surface area contributed by atoms with Crippen molar-refractivity contribution in [2.24, 2.45) is 5.92 Å². The van der Waals surface area contributed by atoms with Crippen LogP contribution in [0, 0.1) is 5.92 Å². The zero-order valence-electron chi connectivity index (χ0n) is 33.6. The van der Waals surface area contributed by atoms with Gasteiger partial charge >= 0.3 is 0 Å². The quantitative estimate of drug-likeness (QED) is 0.188. The third-order valence-electron chi connectivity index (χ3n) is 13.2. The van der Waals surface area contributed by atoms with Gasteiger partial charge in [0.1, 0.15) is 11.5 Å². The summed E-state index contributed by atoms with van der Waals surface area (Å²) in [5.41, 5.74) is 4.00. The van der Waals surface area contributed by atoms with Crippen LogP contribution in [0.3, 0.4) is 0 Å². The smallest absolute Gasteiger partial charge is 0.264 e. The highest BCUT2D eigenvalue weighted by Gasteiger charge is 2.66. The molecule has 2 saturated heterocycles. The van der Waals surface area contributed by atoms with Crippen molar-refractivity contribution in [3.8, 4) is 11.5 Å². The minimum atomic E-state index is -2.53. The summed E-state index contributed by atoms with van der Waals surface area (Å²) >= 11 is 0. The number of benzene rings is 4. The van der Waals surface area contributed by atoms with Crippen molar-refractivity contribution in [1.29, 1.82) is 0 Å². The standard InChI is InChI=1S/C46H53N3O7Si/c1-30-44(57(4,5)38-20-17-36(54-2)18-21-38)41(26-43(52)48-28-33-11-7-6-10-32(33)24-35(48)29-50)56-46(30)39-25-37(55-3)19-22-40(39)49(45(46)53)27-31-13-15-34(16-14-31)47-23-9-8-12-42(47)51/h6-7,10-11,13-22,25,30,35,41,44,50H,8-9,12,23-24,26-29H2,1-5H3/t30-,35+,41+,44-,46+/m1/s1. The van der Waals surface area contributed by atoms with Crippen LogP contribution < -0.4 is 24.5 Å². The van der Waals surface area contributed by atoms with Crippen molar-refractivity contribution in [2.75, 3.05) is 37.2 Å². The molecule has 0 unspecified atom stereocenters. The summed E-state index contributed by atoms with van der Waals surface area (Å²) in [6.07, 6.45) is 2.53. The lowest BCUT2D eigenvalue weighted by Crippen LogP contribution is -2.52. The van der Waals surface area contributed by atoms with Crippen molar-refractivity contribution in [3.05, 3.63) is 113 Å². The van der Waals surface area contributed by atoms with Crippen LogP contribution >= 0.6 is 0 Å². The van der Waals surface area contributed by atoms with E-state index in [4.69, 9.17) is 14.2 Å². The molecule has 0 radical (unpaired) electrons. The van der Waals surface area contributed by atoms with Gasteiger partial charge in [0.15, 0.2) is 5.60 Å². The van der Waals surface area contributed by atoms with E-state index in [9.17, 15) is 14.7 Å². The zero-order valence-corrected chi connectivity index (χ0v) is 34.6. The lowest BCUT2D eigenvalue weighted by molar-refractivity contribution is -0.151. The Balaban J connectivity index is 1.17. The molecule has 10 nitrogen and oxygen atoms in total. The third-order valence-corrected chi connectivity index (χ3v) is 17.6. The second kappa shape index (κ2) is 15.4. The number of carbonyl (C=O) groups excluding carboxylic acids is 3. The molecular formula is C46H53N3O7Si. The number of aliphatic hydroxyl groups is 1. The molecule has 3 amide bonds. The summed E-state index contributed by atoms with van der Waals surface area (Å²) in [6, 6.07) is 29.6. The fraction of sp³-hybridized carbons (Fsp3) is 0.413. The van der Waals surface area contributed by atoms with Crippen molar-refractivity contribution < 1.29 is 33.7 Å². The maximum absolute atomic E-state index is 15.4. The number of hydrogen-bond donors (Lipinski definition) is 1. The molecule has 8 rings (SSSR count). The van der Waals surface area contributed by atoms with E-state index >= 15 is 4.79 Å². The van der Waals surface area contributed by atoms with Crippen LogP contribution in [0.25, 0.3) is 0 Å². The molecule has 4 heterocycles. The van der Waals surface area contributed by atoms with Crippen molar-refractivity contribution in [1.82, 2.24) is 4.90 Å². The first kappa shape index (κ1) is 38.9. The lowest BCUT2D eigenvalue weighted by Gasteiger charge is -2.39. The molecule has 5 atom stereocenters. The number of hydrogen-bond acceptors (Lipinski definition) is 7. The van der Waals surface area contributed by atoms with Crippen LogP contribution in [0.2, 0.25) is 18.6 Å². The van der Waals surface area contributed by atoms with E-state index in [1.165, 1.54) is 5.19 Å². The van der Waals surface area contributed by atoms with Gasteiger partial charge in [-0.05, 0) is 84.0 Å². The predicted octanol–water partition coefficient (Wildman–Crippen LogP) is 6.32. The van der Waals surface area contributed by atoms with Crippen LogP contribution in [-0.2, 0) is 44.2 Å². The first-order valence-corrected chi connectivity index (χ1v) is 23.3. The minimum Gasteiger partial charge on any atom is -0.497 e. The van der Waals surface area contributed by atoms with Crippen LogP contribution in [0.4, 0.5) is 11.4 Å². The summed E-state index contributed by atoms with van der Waals surface area (Å²) in [7, 11) is 0.741. The summed E-state index contributed by atoms with van der Waals surface area (Å²) in [6.45, 7) is 8.03. The van der Waals surface area contributed by atoms with Gasteiger partial charge in [-0.25, -0.2) is 0 Å². The Morgan fingerprint density at radius 3 is 2.30 bits per heavy atom. The Hall–Kier alpha value is -4.97. The van der Waals surface area contributed by atoms with E-state index in [1.54, 1.807) is 19.1 Å². The van der Waals surface area contributed by atoms with Gasteiger partial charge in [0.05, 0.1) is 59.7 Å². The van der Waals surface area contributed by atoms with E-state index in [0.717, 1.165) is 52.2 Å². The molecule has 57 heavy (non-hydrogen) atoms. The van der Waals surface area contributed by atoms with Crippen LogP contribution in [0.5, 0.6) is 11.5 Å². The first-order chi connectivity index (χ1) is 27.5.